The number of carbonyl (C=O) groups excluding carboxylic acids is 1. The van der Waals surface area contributed by atoms with Crippen LogP contribution in [0.2, 0.25) is 0 Å². The Morgan fingerprint density at radius 3 is 2.60 bits per heavy atom. The molecule has 1 aliphatic rings. The lowest BCUT2D eigenvalue weighted by molar-refractivity contribution is -0.153. The van der Waals surface area contributed by atoms with Crippen molar-refractivity contribution in [3.63, 3.8) is 0 Å². The molecule has 0 radical (unpaired) electrons. The first-order chi connectivity index (χ1) is 7.27. The van der Waals surface area contributed by atoms with Crippen molar-refractivity contribution in [2.24, 2.45) is 11.7 Å². The Hall–Kier alpha value is -1.35. The van der Waals surface area contributed by atoms with E-state index >= 15 is 0 Å². The average molecular weight is 205 g/mol. The number of hydrogen-bond donors (Lipinski definition) is 1. The second-order valence-electron chi connectivity index (χ2n) is 3.94. The smallest absolute Gasteiger partial charge is 0.310 e. The summed E-state index contributed by atoms with van der Waals surface area (Å²) in [6.07, 6.45) is 1.81. The summed E-state index contributed by atoms with van der Waals surface area (Å²) in [6.45, 7) is 0.350. The van der Waals surface area contributed by atoms with Crippen LogP contribution in [0.15, 0.2) is 30.3 Å². The third-order valence-corrected chi connectivity index (χ3v) is 2.85. The number of esters is 1. The maximum atomic E-state index is 11.5. The molecule has 1 aliphatic carbocycles. The van der Waals surface area contributed by atoms with E-state index in [0.29, 0.717) is 6.61 Å². The molecule has 0 aromatic heterocycles. The maximum Gasteiger partial charge on any atom is 0.310 e. The van der Waals surface area contributed by atoms with E-state index in [1.165, 1.54) is 0 Å². The molecule has 3 nitrogen and oxygen atoms in total. The van der Waals surface area contributed by atoms with Gasteiger partial charge < -0.3 is 10.5 Å². The summed E-state index contributed by atoms with van der Waals surface area (Å²) in [5, 5.41) is 0. The molecule has 0 amide bonds. The van der Waals surface area contributed by atoms with Crippen molar-refractivity contribution in [3.05, 3.63) is 35.9 Å². The molecular weight excluding hydrogens is 190 g/mol. The standard InChI is InChI=1S/C12H15NO2/c13-11-7-6-10(11)12(14)15-8-9-4-2-1-3-5-9/h1-5,10-11H,6-8,13H2/t10-,11+/m0/s1. The number of rotatable bonds is 3. The van der Waals surface area contributed by atoms with Crippen LogP contribution in [0.5, 0.6) is 0 Å². The summed E-state index contributed by atoms with van der Waals surface area (Å²) in [4.78, 5) is 11.5. The Morgan fingerprint density at radius 2 is 2.07 bits per heavy atom. The first kappa shape index (κ1) is 10.2. The molecule has 2 rings (SSSR count). The van der Waals surface area contributed by atoms with E-state index in [2.05, 4.69) is 0 Å². The number of hydrogen-bond acceptors (Lipinski definition) is 3. The van der Waals surface area contributed by atoms with Gasteiger partial charge in [0.1, 0.15) is 6.61 Å². The molecule has 0 aliphatic heterocycles. The Labute approximate surface area is 89.2 Å². The Balaban J connectivity index is 1.81. The van der Waals surface area contributed by atoms with Gasteiger partial charge in [-0.05, 0) is 18.4 Å². The van der Waals surface area contributed by atoms with Gasteiger partial charge in [-0.3, -0.25) is 4.79 Å². The van der Waals surface area contributed by atoms with Crippen molar-refractivity contribution in [2.75, 3.05) is 0 Å². The maximum absolute atomic E-state index is 11.5. The zero-order chi connectivity index (χ0) is 10.7. The molecule has 2 atom stereocenters. The van der Waals surface area contributed by atoms with Gasteiger partial charge in [0.25, 0.3) is 0 Å². The number of nitrogens with two attached hydrogens (primary N) is 1. The van der Waals surface area contributed by atoms with Crippen molar-refractivity contribution in [3.8, 4) is 0 Å². The van der Waals surface area contributed by atoms with E-state index in [-0.39, 0.29) is 17.9 Å². The molecule has 1 fully saturated rings. The van der Waals surface area contributed by atoms with Gasteiger partial charge in [0, 0.05) is 6.04 Å². The lowest BCUT2D eigenvalue weighted by atomic mass is 9.80. The molecule has 0 spiro atoms. The fraction of sp³-hybridized carbons (Fsp3) is 0.417. The van der Waals surface area contributed by atoms with Crippen molar-refractivity contribution in [2.45, 2.75) is 25.5 Å². The van der Waals surface area contributed by atoms with Gasteiger partial charge in [-0.1, -0.05) is 30.3 Å². The summed E-state index contributed by atoms with van der Waals surface area (Å²) >= 11 is 0. The lowest BCUT2D eigenvalue weighted by Crippen LogP contribution is -2.44. The Kier molecular flexibility index (Phi) is 3.02. The van der Waals surface area contributed by atoms with Gasteiger partial charge in [0.15, 0.2) is 0 Å². The monoisotopic (exact) mass is 205 g/mol. The van der Waals surface area contributed by atoms with Crippen LogP contribution in [0.3, 0.4) is 0 Å². The first-order valence-electron chi connectivity index (χ1n) is 5.23. The molecule has 1 saturated carbocycles. The van der Waals surface area contributed by atoms with Gasteiger partial charge in [0.05, 0.1) is 5.92 Å². The predicted octanol–water partition coefficient (Wildman–Crippen LogP) is 1.47. The summed E-state index contributed by atoms with van der Waals surface area (Å²) < 4.78 is 5.18. The topological polar surface area (TPSA) is 52.3 Å². The molecule has 0 bridgehead atoms. The summed E-state index contributed by atoms with van der Waals surface area (Å²) in [5.74, 6) is -0.230. The largest absolute Gasteiger partial charge is 0.461 e. The molecule has 0 unspecified atom stereocenters. The molecule has 15 heavy (non-hydrogen) atoms. The van der Waals surface area contributed by atoms with E-state index in [4.69, 9.17) is 10.5 Å². The fourth-order valence-electron chi connectivity index (χ4n) is 1.65. The van der Waals surface area contributed by atoms with E-state index < -0.39 is 0 Å². The number of ether oxygens (including phenoxy) is 1. The zero-order valence-corrected chi connectivity index (χ0v) is 8.56. The highest BCUT2D eigenvalue weighted by atomic mass is 16.5. The second kappa shape index (κ2) is 4.45. The predicted molar refractivity (Wildman–Crippen MR) is 56.9 cm³/mol. The van der Waals surface area contributed by atoms with Crippen LogP contribution >= 0.6 is 0 Å². The number of carbonyl (C=O) groups is 1. The summed E-state index contributed by atoms with van der Waals surface area (Å²) in [7, 11) is 0. The van der Waals surface area contributed by atoms with Crippen LogP contribution in [0.4, 0.5) is 0 Å². The minimum absolute atomic E-state index is 0.00766. The number of benzene rings is 1. The normalized spacial score (nSPS) is 24.3. The van der Waals surface area contributed by atoms with Gasteiger partial charge in [-0.25, -0.2) is 0 Å². The molecule has 1 aromatic carbocycles. The van der Waals surface area contributed by atoms with Gasteiger partial charge in [-0.15, -0.1) is 0 Å². The van der Waals surface area contributed by atoms with E-state index in [1.54, 1.807) is 0 Å². The lowest BCUT2D eigenvalue weighted by Gasteiger charge is -2.31. The molecule has 2 N–H and O–H groups in total. The first-order valence-corrected chi connectivity index (χ1v) is 5.23. The van der Waals surface area contributed by atoms with Crippen molar-refractivity contribution < 1.29 is 9.53 Å². The van der Waals surface area contributed by atoms with Gasteiger partial charge in [-0.2, -0.15) is 0 Å². The molecule has 80 valence electrons. The second-order valence-corrected chi connectivity index (χ2v) is 3.94. The summed E-state index contributed by atoms with van der Waals surface area (Å²) in [5.41, 5.74) is 6.70. The highest BCUT2D eigenvalue weighted by Crippen LogP contribution is 2.26. The molecular formula is C12H15NO2. The van der Waals surface area contributed by atoms with Crippen LogP contribution in [0.1, 0.15) is 18.4 Å². The van der Waals surface area contributed by atoms with E-state index in [1.807, 2.05) is 30.3 Å². The van der Waals surface area contributed by atoms with Crippen LogP contribution in [-0.2, 0) is 16.1 Å². The third-order valence-electron chi connectivity index (χ3n) is 2.85. The summed E-state index contributed by atoms with van der Waals surface area (Å²) in [6, 6.07) is 9.68. The van der Waals surface area contributed by atoms with Gasteiger partial charge >= 0.3 is 5.97 Å². The molecule has 1 aromatic rings. The zero-order valence-electron chi connectivity index (χ0n) is 8.56. The molecule has 0 saturated heterocycles. The van der Waals surface area contributed by atoms with E-state index in [0.717, 1.165) is 18.4 Å². The third kappa shape index (κ3) is 2.36. The highest BCUT2D eigenvalue weighted by Gasteiger charge is 2.34. The van der Waals surface area contributed by atoms with Gasteiger partial charge in [0.2, 0.25) is 0 Å². The fourth-order valence-corrected chi connectivity index (χ4v) is 1.65. The minimum atomic E-state index is -0.155. The van der Waals surface area contributed by atoms with Crippen LogP contribution in [0, 0.1) is 5.92 Å². The van der Waals surface area contributed by atoms with E-state index in [9.17, 15) is 4.79 Å². The Morgan fingerprint density at radius 1 is 1.33 bits per heavy atom. The van der Waals surface area contributed by atoms with Crippen LogP contribution in [-0.4, -0.2) is 12.0 Å². The van der Waals surface area contributed by atoms with Crippen molar-refractivity contribution in [1.29, 1.82) is 0 Å². The van der Waals surface area contributed by atoms with Crippen LogP contribution < -0.4 is 5.73 Å². The average Bonchev–Trinajstić information content (AvgIpc) is 2.26. The Bertz CT molecular complexity index is 337. The SMILES string of the molecule is N[C@@H]1CC[C@@H]1C(=O)OCc1ccccc1. The van der Waals surface area contributed by atoms with Crippen molar-refractivity contribution >= 4 is 5.97 Å². The molecule has 3 heteroatoms. The van der Waals surface area contributed by atoms with Crippen LogP contribution in [0.25, 0.3) is 0 Å². The minimum Gasteiger partial charge on any atom is -0.461 e. The quantitative estimate of drug-likeness (QED) is 0.760. The molecule has 0 heterocycles. The highest BCUT2D eigenvalue weighted by molar-refractivity contribution is 5.74. The van der Waals surface area contributed by atoms with Crippen molar-refractivity contribution in [1.82, 2.24) is 0 Å².